The summed E-state index contributed by atoms with van der Waals surface area (Å²) in [5, 5.41) is 3.64. The maximum absolute atomic E-state index is 13.0. The van der Waals surface area contributed by atoms with Crippen molar-refractivity contribution >= 4 is 35.1 Å². The van der Waals surface area contributed by atoms with Crippen LogP contribution in [0.2, 0.25) is 10.0 Å². The van der Waals surface area contributed by atoms with Crippen molar-refractivity contribution in [3.05, 3.63) is 69.2 Å². The number of nitrogens with one attached hydrogen (secondary N) is 1. The molecule has 2 aromatic carbocycles. The normalized spacial score (nSPS) is 20.0. The highest BCUT2D eigenvalue weighted by molar-refractivity contribution is 6.42. The van der Waals surface area contributed by atoms with E-state index in [1.165, 1.54) is 10.5 Å². The Kier molecular flexibility index (Phi) is 5.00. The van der Waals surface area contributed by atoms with Crippen molar-refractivity contribution in [3.8, 4) is 0 Å². The van der Waals surface area contributed by atoms with Crippen LogP contribution in [0.1, 0.15) is 43.4 Å². The topological polar surface area (TPSA) is 49.4 Å². The number of urea groups is 1. The molecule has 1 N–H and O–H groups in total. The first kappa shape index (κ1) is 18.7. The van der Waals surface area contributed by atoms with E-state index < -0.39 is 11.6 Å². The van der Waals surface area contributed by atoms with Gasteiger partial charge in [0.05, 0.1) is 16.6 Å². The maximum Gasteiger partial charge on any atom is 0.325 e. The van der Waals surface area contributed by atoms with Gasteiger partial charge in [0.2, 0.25) is 0 Å². The molecule has 1 fully saturated rings. The molecule has 0 bridgehead atoms. The largest absolute Gasteiger partial charge is 0.325 e. The Balaban J connectivity index is 1.86. The molecule has 1 atom stereocenters. The molecule has 3 rings (SSSR count). The van der Waals surface area contributed by atoms with Crippen molar-refractivity contribution < 1.29 is 9.59 Å². The fraction of sp³-hybridized carbons (Fsp3) is 0.300. The molecular weight excluding hydrogens is 371 g/mol. The van der Waals surface area contributed by atoms with E-state index in [2.05, 4.69) is 19.2 Å². The molecule has 0 spiro atoms. The number of nitrogens with zero attached hydrogens (tertiary/aromatic N) is 1. The Morgan fingerprint density at radius 3 is 2.27 bits per heavy atom. The summed E-state index contributed by atoms with van der Waals surface area (Å²) >= 11 is 12.0. The van der Waals surface area contributed by atoms with Crippen LogP contribution in [0.25, 0.3) is 0 Å². The first-order valence-electron chi connectivity index (χ1n) is 8.41. The predicted octanol–water partition coefficient (Wildman–Crippen LogP) is 5.08. The monoisotopic (exact) mass is 390 g/mol. The minimum Gasteiger partial charge on any atom is -0.319 e. The van der Waals surface area contributed by atoms with Gasteiger partial charge >= 0.3 is 6.03 Å². The zero-order valence-electron chi connectivity index (χ0n) is 14.8. The van der Waals surface area contributed by atoms with Crippen LogP contribution < -0.4 is 5.32 Å². The third-order valence-electron chi connectivity index (χ3n) is 4.75. The van der Waals surface area contributed by atoms with Crippen LogP contribution in [0.15, 0.2) is 42.5 Å². The zero-order chi connectivity index (χ0) is 19.1. The van der Waals surface area contributed by atoms with Crippen LogP contribution in [0.5, 0.6) is 0 Å². The molecular formula is C20H20Cl2N2O2. The fourth-order valence-corrected chi connectivity index (χ4v) is 3.38. The Bertz CT molecular complexity index is 865. The minimum atomic E-state index is -1.08. The second kappa shape index (κ2) is 6.93. The number of hydrogen-bond donors (Lipinski definition) is 1. The lowest BCUT2D eigenvalue weighted by atomic mass is 9.90. The van der Waals surface area contributed by atoms with E-state index in [9.17, 15) is 9.59 Å². The van der Waals surface area contributed by atoms with Gasteiger partial charge in [0.15, 0.2) is 0 Å². The molecule has 6 heteroatoms. The summed E-state index contributed by atoms with van der Waals surface area (Å²) in [6.07, 6.45) is 0. The molecule has 0 saturated carbocycles. The smallest absolute Gasteiger partial charge is 0.319 e. The number of halogens is 2. The van der Waals surface area contributed by atoms with E-state index in [4.69, 9.17) is 23.2 Å². The van der Waals surface area contributed by atoms with E-state index in [1.807, 2.05) is 24.3 Å². The average Bonchev–Trinajstić information content (AvgIpc) is 2.82. The van der Waals surface area contributed by atoms with Crippen LogP contribution in [0.4, 0.5) is 4.79 Å². The molecule has 0 aromatic heterocycles. The quantitative estimate of drug-likeness (QED) is 0.739. The first-order chi connectivity index (χ1) is 12.2. The van der Waals surface area contributed by atoms with Gasteiger partial charge in [-0.2, -0.15) is 0 Å². The molecule has 3 amide bonds. The average molecular weight is 391 g/mol. The molecule has 0 radical (unpaired) electrons. The molecule has 1 saturated heterocycles. The van der Waals surface area contributed by atoms with Crippen molar-refractivity contribution in [3.63, 3.8) is 0 Å². The third-order valence-corrected chi connectivity index (χ3v) is 5.49. The Morgan fingerprint density at radius 2 is 1.69 bits per heavy atom. The Labute approximate surface area is 163 Å². The molecule has 1 aliphatic rings. The van der Waals surface area contributed by atoms with Gasteiger partial charge in [-0.1, -0.05) is 67.4 Å². The summed E-state index contributed by atoms with van der Waals surface area (Å²) in [7, 11) is 0. The number of rotatable bonds is 4. The molecule has 1 aliphatic heterocycles. The van der Waals surface area contributed by atoms with Gasteiger partial charge in [0.1, 0.15) is 5.54 Å². The number of carbonyl (C=O) groups excluding carboxylic acids is 2. The van der Waals surface area contributed by atoms with Gasteiger partial charge in [-0.05, 0) is 41.7 Å². The molecule has 26 heavy (non-hydrogen) atoms. The zero-order valence-corrected chi connectivity index (χ0v) is 16.4. The van der Waals surface area contributed by atoms with Crippen molar-refractivity contribution in [2.75, 3.05) is 0 Å². The number of carbonyl (C=O) groups is 2. The summed E-state index contributed by atoms with van der Waals surface area (Å²) < 4.78 is 0. The van der Waals surface area contributed by atoms with Crippen LogP contribution in [0, 0.1) is 0 Å². The van der Waals surface area contributed by atoms with Crippen molar-refractivity contribution in [1.82, 2.24) is 10.2 Å². The van der Waals surface area contributed by atoms with Crippen LogP contribution in [-0.2, 0) is 16.9 Å². The fourth-order valence-electron chi connectivity index (χ4n) is 3.06. The third kappa shape index (κ3) is 3.31. The molecule has 0 aliphatic carbocycles. The molecule has 1 heterocycles. The standard InChI is InChI=1S/C20H20Cl2N2O2/c1-12(2)14-5-7-15(8-6-14)20(3)18(25)24(19(26)23-20)11-13-4-9-16(21)17(22)10-13/h4-10,12H,11H2,1-3H3,(H,23,26)/t20-/m0/s1. The Hall–Kier alpha value is -2.04. The van der Waals surface area contributed by atoms with E-state index in [1.54, 1.807) is 25.1 Å². The van der Waals surface area contributed by atoms with Gasteiger partial charge in [0, 0.05) is 0 Å². The number of imide groups is 1. The summed E-state index contributed by atoms with van der Waals surface area (Å²) in [5.74, 6) is 0.114. The maximum atomic E-state index is 13.0. The first-order valence-corrected chi connectivity index (χ1v) is 9.16. The number of hydrogen-bond acceptors (Lipinski definition) is 2. The number of benzene rings is 2. The lowest BCUT2D eigenvalue weighted by molar-refractivity contribution is -0.131. The minimum absolute atomic E-state index is 0.140. The van der Waals surface area contributed by atoms with E-state index in [0.29, 0.717) is 16.0 Å². The number of amides is 3. The molecule has 4 nitrogen and oxygen atoms in total. The lowest BCUT2D eigenvalue weighted by Gasteiger charge is -2.23. The second-order valence-corrected chi connectivity index (χ2v) is 7.79. The van der Waals surface area contributed by atoms with Crippen LogP contribution in [-0.4, -0.2) is 16.8 Å². The van der Waals surface area contributed by atoms with Gasteiger partial charge in [-0.25, -0.2) is 4.79 Å². The lowest BCUT2D eigenvalue weighted by Crippen LogP contribution is -2.40. The Morgan fingerprint density at radius 1 is 1.04 bits per heavy atom. The molecule has 136 valence electrons. The highest BCUT2D eigenvalue weighted by atomic mass is 35.5. The predicted molar refractivity (Wildman–Crippen MR) is 103 cm³/mol. The van der Waals surface area contributed by atoms with Gasteiger partial charge in [0.25, 0.3) is 5.91 Å². The van der Waals surface area contributed by atoms with Crippen LogP contribution in [0.3, 0.4) is 0 Å². The highest BCUT2D eigenvalue weighted by Crippen LogP contribution is 2.31. The molecule has 0 unspecified atom stereocenters. The summed E-state index contributed by atoms with van der Waals surface area (Å²) in [4.78, 5) is 26.6. The summed E-state index contributed by atoms with van der Waals surface area (Å²) in [6.45, 7) is 6.09. The van der Waals surface area contributed by atoms with E-state index in [0.717, 1.165) is 11.1 Å². The molecule has 2 aromatic rings. The van der Waals surface area contributed by atoms with Crippen molar-refractivity contribution in [2.45, 2.75) is 38.8 Å². The highest BCUT2D eigenvalue weighted by Gasteiger charge is 2.48. The van der Waals surface area contributed by atoms with Crippen molar-refractivity contribution in [1.29, 1.82) is 0 Å². The van der Waals surface area contributed by atoms with Gasteiger partial charge in [-0.3, -0.25) is 9.69 Å². The second-order valence-electron chi connectivity index (χ2n) is 6.97. The van der Waals surface area contributed by atoms with Gasteiger partial charge in [-0.15, -0.1) is 0 Å². The van der Waals surface area contributed by atoms with Crippen molar-refractivity contribution in [2.24, 2.45) is 0 Å². The van der Waals surface area contributed by atoms with Gasteiger partial charge < -0.3 is 5.32 Å². The van der Waals surface area contributed by atoms with Crippen LogP contribution >= 0.6 is 23.2 Å². The van der Waals surface area contributed by atoms with E-state index in [-0.39, 0.29) is 12.5 Å². The summed E-state index contributed by atoms with van der Waals surface area (Å²) in [6, 6.07) is 12.4. The van der Waals surface area contributed by atoms with E-state index >= 15 is 0 Å². The summed E-state index contributed by atoms with van der Waals surface area (Å²) in [5.41, 5.74) is 1.60. The SMILES string of the molecule is CC(C)c1ccc([C@]2(C)NC(=O)N(Cc3ccc(Cl)c(Cl)c3)C2=O)cc1.